The second kappa shape index (κ2) is 19.6. The average Bonchev–Trinajstić information content (AvgIpc) is 3.03. The third kappa shape index (κ3) is 12.3. The molecule has 0 aromatic rings. The zero-order valence-corrected chi connectivity index (χ0v) is 29.9. The van der Waals surface area contributed by atoms with Gasteiger partial charge in [0.1, 0.15) is 12.2 Å². The van der Waals surface area contributed by atoms with E-state index in [1.807, 2.05) is 38.9 Å². The zero-order chi connectivity index (χ0) is 36.8. The first kappa shape index (κ1) is 40.8. The van der Waals surface area contributed by atoms with E-state index in [9.17, 15) is 24.0 Å². The summed E-state index contributed by atoms with van der Waals surface area (Å²) in [4.78, 5) is 67.1. The van der Waals surface area contributed by atoms with Crippen LogP contribution in [-0.2, 0) is 38.1 Å². The van der Waals surface area contributed by atoms with Crippen molar-refractivity contribution in [2.75, 3.05) is 41.4 Å². The molecule has 13 nitrogen and oxygen atoms in total. The fourth-order valence-corrected chi connectivity index (χ4v) is 5.65. The van der Waals surface area contributed by atoms with E-state index in [0.717, 1.165) is 6.08 Å². The van der Waals surface area contributed by atoms with Crippen molar-refractivity contribution in [3.05, 3.63) is 71.1 Å². The molecule has 4 N–H and O–H groups in total. The molecule has 1 aliphatic heterocycles. The van der Waals surface area contributed by atoms with E-state index in [0.29, 0.717) is 18.5 Å². The van der Waals surface area contributed by atoms with Gasteiger partial charge in [-0.3, -0.25) is 19.2 Å². The number of fused-ring (bicyclic) bond motifs is 2. The minimum atomic E-state index is -1.02. The Morgan fingerprint density at radius 2 is 1.82 bits per heavy atom. The van der Waals surface area contributed by atoms with Crippen LogP contribution in [0.15, 0.2) is 71.1 Å². The predicted octanol–water partition coefficient (Wildman–Crippen LogP) is 3.04. The summed E-state index contributed by atoms with van der Waals surface area (Å²) >= 11 is 0. The molecule has 13 heteroatoms. The number of nitrogens with zero attached hydrogens (tertiary/aromatic N) is 1. The number of carbonyl (C=O) groups is 5. The molecule has 1 heterocycles. The van der Waals surface area contributed by atoms with Gasteiger partial charge >= 0.3 is 12.1 Å². The van der Waals surface area contributed by atoms with Crippen molar-refractivity contribution in [2.45, 2.75) is 71.4 Å². The first-order valence-corrected chi connectivity index (χ1v) is 16.2. The minimum Gasteiger partial charge on any atom is -0.459 e. The fourth-order valence-electron chi connectivity index (χ4n) is 5.65. The lowest BCUT2D eigenvalue weighted by molar-refractivity contribution is -0.160. The Morgan fingerprint density at radius 3 is 2.41 bits per heavy atom. The van der Waals surface area contributed by atoms with Crippen molar-refractivity contribution in [3.8, 4) is 0 Å². The Kier molecular flexibility index (Phi) is 16.3. The van der Waals surface area contributed by atoms with Gasteiger partial charge in [-0.15, -0.1) is 6.58 Å². The number of rotatable bonds is 10. The number of allylic oxidation sites excluding steroid dienone is 4. The number of ether oxygens (including phenoxy) is 4. The smallest absolute Gasteiger partial charge is 0.405 e. The molecule has 6 atom stereocenters. The largest absolute Gasteiger partial charge is 0.459 e. The van der Waals surface area contributed by atoms with Crippen LogP contribution in [0.25, 0.3) is 0 Å². The van der Waals surface area contributed by atoms with E-state index in [2.05, 4.69) is 17.2 Å². The molecule has 2 aliphatic rings. The molecule has 49 heavy (non-hydrogen) atoms. The maximum Gasteiger partial charge on any atom is 0.405 e. The number of methoxy groups -OCH3 is 2. The van der Waals surface area contributed by atoms with Gasteiger partial charge < -0.3 is 40.2 Å². The van der Waals surface area contributed by atoms with Crippen molar-refractivity contribution < 1.29 is 42.9 Å². The van der Waals surface area contributed by atoms with Gasteiger partial charge in [0.25, 0.3) is 5.91 Å². The SMILES string of the molecule is C=CCNC1=C2C[C@@H](C)C[C@H](OC)[C@H](OC(=O)CCN(C)C)[C@@H](C)/C=C(\C)[C@H](OC(N)=O)[C@H](OC)/C=C\C=C(/C)C(=O)NC(=CC1=O)C2=O. The first-order valence-electron chi connectivity index (χ1n) is 16.2. The lowest BCUT2D eigenvalue weighted by atomic mass is 9.85. The van der Waals surface area contributed by atoms with Crippen LogP contribution < -0.4 is 16.4 Å². The highest BCUT2D eigenvalue weighted by molar-refractivity contribution is 6.23. The number of nitrogens with two attached hydrogens (primary N) is 1. The van der Waals surface area contributed by atoms with Crippen LogP contribution in [0.1, 0.15) is 47.0 Å². The Balaban J connectivity index is 2.73. The number of nitrogens with one attached hydrogen (secondary N) is 2. The Labute approximate surface area is 289 Å². The highest BCUT2D eigenvalue weighted by Crippen LogP contribution is 2.30. The molecule has 270 valence electrons. The van der Waals surface area contributed by atoms with Gasteiger partial charge in [0, 0.05) is 50.4 Å². The van der Waals surface area contributed by atoms with Gasteiger partial charge in [0.05, 0.1) is 23.9 Å². The van der Waals surface area contributed by atoms with Crippen LogP contribution in [0.5, 0.6) is 0 Å². The zero-order valence-electron chi connectivity index (χ0n) is 29.9. The summed E-state index contributed by atoms with van der Waals surface area (Å²) in [5.41, 5.74) is 6.44. The highest BCUT2D eigenvalue weighted by atomic mass is 16.6. The third-order valence-electron chi connectivity index (χ3n) is 8.21. The quantitative estimate of drug-likeness (QED) is 0.175. The van der Waals surface area contributed by atoms with Crippen molar-refractivity contribution >= 4 is 29.5 Å². The van der Waals surface area contributed by atoms with Crippen LogP contribution in [0, 0.1) is 11.8 Å². The molecule has 0 unspecified atom stereocenters. The van der Waals surface area contributed by atoms with Crippen molar-refractivity contribution in [1.82, 2.24) is 15.5 Å². The molecular formula is C36H52N4O9. The average molecular weight is 685 g/mol. The lowest BCUT2D eigenvalue weighted by Crippen LogP contribution is -2.40. The van der Waals surface area contributed by atoms with E-state index in [1.54, 1.807) is 32.1 Å². The minimum absolute atomic E-state index is 0.134. The summed E-state index contributed by atoms with van der Waals surface area (Å²) in [7, 11) is 6.65. The number of ketones is 2. The molecule has 0 spiro atoms. The number of amides is 2. The molecule has 0 saturated heterocycles. The molecule has 0 aromatic heterocycles. The summed E-state index contributed by atoms with van der Waals surface area (Å²) in [5.74, 6) is -2.68. The summed E-state index contributed by atoms with van der Waals surface area (Å²) in [6.45, 7) is 11.5. The summed E-state index contributed by atoms with van der Waals surface area (Å²) in [5, 5.41) is 5.57. The summed E-state index contributed by atoms with van der Waals surface area (Å²) in [6.07, 6.45) is 5.52. The highest BCUT2D eigenvalue weighted by Gasteiger charge is 2.35. The number of primary amides is 1. The van der Waals surface area contributed by atoms with Gasteiger partial charge in [-0.1, -0.05) is 44.2 Å². The van der Waals surface area contributed by atoms with Gasteiger partial charge in [0.2, 0.25) is 11.6 Å². The van der Waals surface area contributed by atoms with Gasteiger partial charge in [-0.05, 0) is 52.3 Å². The summed E-state index contributed by atoms with van der Waals surface area (Å²) in [6, 6.07) is 0. The van der Waals surface area contributed by atoms with Crippen LogP contribution in [0.4, 0.5) is 4.79 Å². The molecule has 0 radical (unpaired) electrons. The normalized spacial score (nSPS) is 28.8. The van der Waals surface area contributed by atoms with Crippen LogP contribution in [-0.4, -0.2) is 100 Å². The lowest BCUT2D eigenvalue weighted by Gasteiger charge is -2.33. The molecule has 0 saturated carbocycles. The van der Waals surface area contributed by atoms with E-state index in [1.165, 1.54) is 20.3 Å². The van der Waals surface area contributed by atoms with Crippen molar-refractivity contribution in [3.63, 3.8) is 0 Å². The fraction of sp³-hybridized carbons (Fsp3) is 0.528. The van der Waals surface area contributed by atoms with Crippen LogP contribution >= 0.6 is 0 Å². The molecule has 2 bridgehead atoms. The van der Waals surface area contributed by atoms with E-state index >= 15 is 0 Å². The van der Waals surface area contributed by atoms with Gasteiger partial charge in [-0.25, -0.2) is 4.79 Å². The summed E-state index contributed by atoms with van der Waals surface area (Å²) < 4.78 is 23.1. The van der Waals surface area contributed by atoms with E-state index in [-0.39, 0.29) is 47.8 Å². The van der Waals surface area contributed by atoms with Crippen molar-refractivity contribution in [1.29, 1.82) is 0 Å². The van der Waals surface area contributed by atoms with Crippen LogP contribution in [0.2, 0.25) is 0 Å². The number of Topliss-reactive ketones (excluding diaryl/α,β-unsaturated/α-hetero) is 1. The van der Waals surface area contributed by atoms with E-state index in [4.69, 9.17) is 24.7 Å². The number of carbonyl (C=O) groups excluding carboxylic acids is 5. The molecule has 1 aliphatic carbocycles. The van der Waals surface area contributed by atoms with E-state index < -0.39 is 59.9 Å². The Morgan fingerprint density at radius 1 is 1.12 bits per heavy atom. The maximum absolute atomic E-state index is 13.8. The van der Waals surface area contributed by atoms with Crippen molar-refractivity contribution in [2.24, 2.45) is 17.6 Å². The molecule has 0 aromatic carbocycles. The molecule has 0 fully saturated rings. The number of hydrogen-bond acceptors (Lipinski definition) is 11. The topological polar surface area (TPSA) is 176 Å². The Bertz CT molecular complexity index is 1410. The second-order valence-corrected chi connectivity index (χ2v) is 12.6. The molecule has 2 amide bonds. The van der Waals surface area contributed by atoms with Gasteiger partial charge in [-0.2, -0.15) is 0 Å². The van der Waals surface area contributed by atoms with Crippen LogP contribution in [0.3, 0.4) is 0 Å². The monoisotopic (exact) mass is 684 g/mol. The predicted molar refractivity (Wildman–Crippen MR) is 185 cm³/mol. The Hall–Kier alpha value is -4.33. The first-order chi connectivity index (χ1) is 23.1. The standard InChI is InChI=1S/C36H52N4O9/c1-10-15-38-31-25-17-21(2)18-29(47-9)34(48-30(42)14-16-40(6)7)24(5)19-23(4)33(49-36(37)45)28(46-8)13-11-12-22(3)35(44)39-26(32(25)43)20-27(31)41/h10-13,19-21,24,28-29,33-34,38H,1,14-18H2,2-9H3,(H2,37,45)(H,39,44)/b13-11-,22-12+,23-19+/t21-,24+,28-,29+,33+,34-/m1/s1. The number of esters is 1. The maximum atomic E-state index is 13.8. The molecular weight excluding hydrogens is 632 g/mol. The second-order valence-electron chi connectivity index (χ2n) is 12.6. The third-order valence-corrected chi connectivity index (χ3v) is 8.21. The van der Waals surface area contributed by atoms with Gasteiger partial charge in [0.15, 0.2) is 6.10 Å². The number of hydrogen-bond donors (Lipinski definition) is 3. The molecule has 2 rings (SSSR count).